The Bertz CT molecular complexity index is 1130. The highest BCUT2D eigenvalue weighted by atomic mass is 16.6. The number of nitrogens with zero attached hydrogens (tertiary/aromatic N) is 2. The van der Waals surface area contributed by atoms with E-state index in [0.717, 1.165) is 27.7 Å². The molecular formula is C25H31N5O3. The Kier molecular flexibility index (Phi) is 7.37. The van der Waals surface area contributed by atoms with Gasteiger partial charge >= 0.3 is 6.09 Å². The van der Waals surface area contributed by atoms with Crippen molar-refractivity contribution in [2.75, 3.05) is 19.0 Å². The van der Waals surface area contributed by atoms with Gasteiger partial charge in [0.2, 0.25) is 0 Å². The summed E-state index contributed by atoms with van der Waals surface area (Å²) in [6.07, 6.45) is 3.03. The van der Waals surface area contributed by atoms with Gasteiger partial charge in [0.25, 0.3) is 5.91 Å². The summed E-state index contributed by atoms with van der Waals surface area (Å²) in [6.45, 7) is 5.31. The number of rotatable bonds is 7. The van der Waals surface area contributed by atoms with Crippen molar-refractivity contribution in [1.29, 1.82) is 0 Å². The number of hydrazone groups is 1. The van der Waals surface area contributed by atoms with E-state index in [4.69, 9.17) is 4.74 Å². The van der Waals surface area contributed by atoms with Gasteiger partial charge in [0.05, 0.1) is 6.21 Å². The minimum atomic E-state index is -0.868. The van der Waals surface area contributed by atoms with Crippen molar-refractivity contribution in [3.8, 4) is 0 Å². The van der Waals surface area contributed by atoms with E-state index in [0.29, 0.717) is 0 Å². The SMILES string of the molecule is CN(C)c1ccc(/C=N/NC(=O)[C@H](Cc2c[nH]c3ccccc23)NC(=O)OC(C)(C)C)cc1. The Morgan fingerprint density at radius 1 is 1.12 bits per heavy atom. The number of carbonyl (C=O) groups is 2. The van der Waals surface area contributed by atoms with E-state index in [1.54, 1.807) is 27.0 Å². The Balaban J connectivity index is 1.72. The molecule has 33 heavy (non-hydrogen) atoms. The molecule has 0 bridgehead atoms. The van der Waals surface area contributed by atoms with E-state index in [1.165, 1.54) is 0 Å². The Hall–Kier alpha value is -3.81. The molecule has 0 spiro atoms. The monoisotopic (exact) mass is 449 g/mol. The highest BCUT2D eigenvalue weighted by molar-refractivity contribution is 5.89. The maximum Gasteiger partial charge on any atom is 0.408 e. The first kappa shape index (κ1) is 23.8. The van der Waals surface area contributed by atoms with Gasteiger partial charge in [0.15, 0.2) is 0 Å². The number of para-hydroxylation sites is 1. The lowest BCUT2D eigenvalue weighted by molar-refractivity contribution is -0.123. The number of hydrogen-bond donors (Lipinski definition) is 3. The van der Waals surface area contributed by atoms with Gasteiger partial charge in [-0.1, -0.05) is 30.3 Å². The zero-order valence-corrected chi connectivity index (χ0v) is 19.7. The highest BCUT2D eigenvalue weighted by Gasteiger charge is 2.25. The van der Waals surface area contributed by atoms with Crippen LogP contribution >= 0.6 is 0 Å². The molecule has 1 atom stereocenters. The molecule has 0 saturated carbocycles. The number of hydrogen-bond acceptors (Lipinski definition) is 5. The molecule has 0 aliphatic rings. The van der Waals surface area contributed by atoms with E-state index in [1.807, 2.05) is 73.7 Å². The fourth-order valence-corrected chi connectivity index (χ4v) is 3.29. The summed E-state index contributed by atoms with van der Waals surface area (Å²) in [5.41, 5.74) is 5.64. The topological polar surface area (TPSA) is 98.8 Å². The molecule has 0 fully saturated rings. The minimum absolute atomic E-state index is 0.280. The molecule has 2 aromatic carbocycles. The number of anilines is 1. The van der Waals surface area contributed by atoms with Gasteiger partial charge in [-0.15, -0.1) is 0 Å². The quantitative estimate of drug-likeness (QED) is 0.377. The van der Waals surface area contributed by atoms with Gasteiger partial charge in [-0.25, -0.2) is 10.2 Å². The first-order valence-corrected chi connectivity index (χ1v) is 10.8. The lowest BCUT2D eigenvalue weighted by Crippen LogP contribution is -2.48. The van der Waals surface area contributed by atoms with Crippen LogP contribution in [0.25, 0.3) is 10.9 Å². The Labute approximate surface area is 194 Å². The van der Waals surface area contributed by atoms with Crippen LogP contribution in [0.15, 0.2) is 59.8 Å². The summed E-state index contributed by atoms with van der Waals surface area (Å²) >= 11 is 0. The number of H-pyrrole nitrogens is 1. The van der Waals surface area contributed by atoms with Crippen LogP contribution in [0, 0.1) is 0 Å². The third-order valence-corrected chi connectivity index (χ3v) is 4.90. The van der Waals surface area contributed by atoms with E-state index in [9.17, 15) is 9.59 Å². The molecule has 8 heteroatoms. The smallest absolute Gasteiger partial charge is 0.408 e. The second kappa shape index (κ2) is 10.2. The van der Waals surface area contributed by atoms with Gasteiger partial charge in [0.1, 0.15) is 11.6 Å². The summed E-state index contributed by atoms with van der Waals surface area (Å²) in [7, 11) is 3.93. The van der Waals surface area contributed by atoms with Crippen molar-refractivity contribution in [2.24, 2.45) is 5.10 Å². The average molecular weight is 450 g/mol. The van der Waals surface area contributed by atoms with Crippen LogP contribution in [0.4, 0.5) is 10.5 Å². The zero-order chi connectivity index (χ0) is 24.0. The molecule has 3 aromatic rings. The third kappa shape index (κ3) is 6.83. The minimum Gasteiger partial charge on any atom is -0.444 e. The predicted molar refractivity (Wildman–Crippen MR) is 132 cm³/mol. The van der Waals surface area contributed by atoms with Gasteiger partial charge in [-0.2, -0.15) is 5.10 Å². The van der Waals surface area contributed by atoms with Crippen molar-refractivity contribution >= 4 is 34.8 Å². The summed E-state index contributed by atoms with van der Waals surface area (Å²) < 4.78 is 5.35. The first-order chi connectivity index (χ1) is 15.6. The van der Waals surface area contributed by atoms with Gasteiger partial charge < -0.3 is 19.9 Å². The van der Waals surface area contributed by atoms with Crippen LogP contribution in [0.5, 0.6) is 0 Å². The van der Waals surface area contributed by atoms with Crippen LogP contribution in [-0.2, 0) is 16.0 Å². The van der Waals surface area contributed by atoms with Crippen molar-refractivity contribution in [1.82, 2.24) is 15.7 Å². The molecular weight excluding hydrogens is 418 g/mol. The second-order valence-electron chi connectivity index (χ2n) is 8.98. The molecule has 0 unspecified atom stereocenters. The van der Waals surface area contributed by atoms with Gasteiger partial charge in [0, 0.05) is 43.3 Å². The van der Waals surface area contributed by atoms with Crippen LogP contribution in [0.2, 0.25) is 0 Å². The van der Waals surface area contributed by atoms with Crippen LogP contribution in [-0.4, -0.2) is 48.9 Å². The number of aromatic amines is 1. The molecule has 1 heterocycles. The average Bonchev–Trinajstić information content (AvgIpc) is 3.15. The summed E-state index contributed by atoms with van der Waals surface area (Å²) in [6, 6.07) is 14.7. The number of fused-ring (bicyclic) bond motifs is 1. The Morgan fingerprint density at radius 2 is 1.82 bits per heavy atom. The second-order valence-corrected chi connectivity index (χ2v) is 8.98. The van der Waals surface area contributed by atoms with Crippen LogP contribution < -0.4 is 15.6 Å². The molecule has 0 saturated heterocycles. The third-order valence-electron chi connectivity index (χ3n) is 4.90. The fourth-order valence-electron chi connectivity index (χ4n) is 3.29. The number of alkyl carbamates (subject to hydrolysis) is 1. The van der Waals surface area contributed by atoms with E-state index in [-0.39, 0.29) is 6.42 Å². The van der Waals surface area contributed by atoms with Crippen molar-refractivity contribution in [3.05, 3.63) is 65.9 Å². The first-order valence-electron chi connectivity index (χ1n) is 10.8. The zero-order valence-electron chi connectivity index (χ0n) is 19.7. The molecule has 8 nitrogen and oxygen atoms in total. The molecule has 174 valence electrons. The normalized spacial score (nSPS) is 12.5. The van der Waals surface area contributed by atoms with Crippen LogP contribution in [0.3, 0.4) is 0 Å². The molecule has 3 rings (SSSR count). The number of carbonyl (C=O) groups excluding carboxylic acids is 2. The molecule has 1 aromatic heterocycles. The number of benzene rings is 2. The summed E-state index contributed by atoms with van der Waals surface area (Å²) in [4.78, 5) is 30.5. The molecule has 0 aliphatic heterocycles. The standard InChI is InChI=1S/C25H31N5O3/c1-25(2,3)33-24(32)28-22(14-18-16-26-21-9-7-6-8-20(18)21)23(31)29-27-15-17-10-12-19(13-11-17)30(4)5/h6-13,15-16,22,26H,14H2,1-5H3,(H,28,32)(H,29,31)/b27-15+/t22-/m0/s1. The predicted octanol–water partition coefficient (Wildman–Crippen LogP) is 3.82. The molecule has 3 N–H and O–H groups in total. The molecule has 2 amide bonds. The van der Waals surface area contributed by atoms with Gasteiger partial charge in [-0.3, -0.25) is 4.79 Å². The van der Waals surface area contributed by atoms with Gasteiger partial charge in [-0.05, 0) is 50.1 Å². The molecule has 0 aliphatic carbocycles. The lowest BCUT2D eigenvalue weighted by atomic mass is 10.0. The lowest BCUT2D eigenvalue weighted by Gasteiger charge is -2.22. The molecule has 0 radical (unpaired) electrons. The van der Waals surface area contributed by atoms with E-state index >= 15 is 0 Å². The summed E-state index contributed by atoms with van der Waals surface area (Å²) in [5.74, 6) is -0.438. The number of aromatic nitrogens is 1. The summed E-state index contributed by atoms with van der Waals surface area (Å²) in [5, 5.41) is 7.74. The fraction of sp³-hybridized carbons (Fsp3) is 0.320. The maximum atomic E-state index is 12.9. The number of amides is 2. The van der Waals surface area contributed by atoms with E-state index in [2.05, 4.69) is 20.8 Å². The van der Waals surface area contributed by atoms with Crippen molar-refractivity contribution in [2.45, 2.75) is 38.8 Å². The Morgan fingerprint density at radius 3 is 2.48 bits per heavy atom. The number of nitrogens with one attached hydrogen (secondary N) is 3. The number of ether oxygens (including phenoxy) is 1. The maximum absolute atomic E-state index is 12.9. The van der Waals surface area contributed by atoms with Crippen LogP contribution in [0.1, 0.15) is 31.9 Å². The largest absolute Gasteiger partial charge is 0.444 e. The van der Waals surface area contributed by atoms with Crippen molar-refractivity contribution < 1.29 is 14.3 Å². The highest BCUT2D eigenvalue weighted by Crippen LogP contribution is 2.19. The van der Waals surface area contributed by atoms with Crippen molar-refractivity contribution in [3.63, 3.8) is 0 Å². The van der Waals surface area contributed by atoms with E-state index < -0.39 is 23.6 Å².